The molecule has 2 unspecified atom stereocenters. The number of carbonyl (C=O) groups excluding carboxylic acids is 1. The molecule has 2 aliphatic heterocycles. The molecule has 3 heterocycles. The second-order valence-corrected chi connectivity index (χ2v) is 7.64. The summed E-state index contributed by atoms with van der Waals surface area (Å²) in [6, 6.07) is 4.07. The molecule has 2 fully saturated rings. The summed E-state index contributed by atoms with van der Waals surface area (Å²) < 4.78 is 5.64. The van der Waals surface area contributed by atoms with Crippen LogP contribution in [0.3, 0.4) is 0 Å². The normalized spacial score (nSPS) is 23.0. The van der Waals surface area contributed by atoms with Crippen LogP contribution in [0.2, 0.25) is 0 Å². The Labute approximate surface area is 159 Å². The maximum atomic E-state index is 12.5. The van der Waals surface area contributed by atoms with Gasteiger partial charge in [-0.15, -0.1) is 0 Å². The van der Waals surface area contributed by atoms with E-state index in [1.54, 1.807) is 19.0 Å². The van der Waals surface area contributed by atoms with E-state index in [2.05, 4.69) is 22.1 Å². The molecule has 0 aliphatic carbocycles. The van der Waals surface area contributed by atoms with Gasteiger partial charge in [0, 0.05) is 38.8 Å². The van der Waals surface area contributed by atoms with Crippen LogP contribution in [-0.2, 0) is 4.74 Å². The van der Waals surface area contributed by atoms with Crippen molar-refractivity contribution in [3.63, 3.8) is 0 Å². The molecule has 0 radical (unpaired) electrons. The summed E-state index contributed by atoms with van der Waals surface area (Å²) in [5, 5.41) is 3.54. The van der Waals surface area contributed by atoms with Crippen LogP contribution >= 0.6 is 0 Å². The van der Waals surface area contributed by atoms with Crippen molar-refractivity contribution in [2.75, 3.05) is 45.2 Å². The lowest BCUT2D eigenvalue weighted by molar-refractivity contribution is 0.0529. The van der Waals surface area contributed by atoms with Crippen LogP contribution in [0, 0.1) is 0 Å². The van der Waals surface area contributed by atoms with Crippen molar-refractivity contribution >= 4 is 22.8 Å². The Morgan fingerprint density at radius 1 is 1.37 bits per heavy atom. The Hall–Kier alpha value is -2.25. The molecule has 1 aromatic carbocycles. The number of anilines is 1. The molecular formula is C20H27N5O2. The van der Waals surface area contributed by atoms with E-state index in [-0.39, 0.29) is 18.1 Å². The first kappa shape index (κ1) is 18.1. The van der Waals surface area contributed by atoms with Gasteiger partial charge in [-0.1, -0.05) is 0 Å². The fraction of sp³-hybridized carbons (Fsp3) is 0.550. The maximum absolute atomic E-state index is 12.5. The molecule has 1 aromatic heterocycles. The molecule has 2 aliphatic rings. The summed E-state index contributed by atoms with van der Waals surface area (Å²) >= 11 is 0. The third-order valence-corrected chi connectivity index (χ3v) is 5.32. The van der Waals surface area contributed by atoms with Crippen molar-refractivity contribution in [1.82, 2.24) is 20.2 Å². The fourth-order valence-electron chi connectivity index (χ4n) is 3.91. The molecule has 0 saturated carbocycles. The molecule has 27 heavy (non-hydrogen) atoms. The quantitative estimate of drug-likeness (QED) is 0.892. The van der Waals surface area contributed by atoms with Crippen LogP contribution in [0.1, 0.15) is 41.7 Å². The van der Waals surface area contributed by atoms with E-state index >= 15 is 0 Å². The van der Waals surface area contributed by atoms with Gasteiger partial charge in [0.15, 0.2) is 0 Å². The summed E-state index contributed by atoms with van der Waals surface area (Å²) in [5.41, 5.74) is 3.40. The van der Waals surface area contributed by atoms with Crippen molar-refractivity contribution < 1.29 is 9.53 Å². The van der Waals surface area contributed by atoms with Gasteiger partial charge in [0.1, 0.15) is 5.82 Å². The van der Waals surface area contributed by atoms with Crippen LogP contribution in [0.15, 0.2) is 18.3 Å². The molecule has 2 saturated heterocycles. The van der Waals surface area contributed by atoms with Crippen molar-refractivity contribution in [2.24, 2.45) is 0 Å². The number of morpholine rings is 1. The lowest BCUT2D eigenvalue weighted by Crippen LogP contribution is -2.41. The first-order valence-electron chi connectivity index (χ1n) is 9.65. The van der Waals surface area contributed by atoms with E-state index in [1.807, 2.05) is 18.3 Å². The highest BCUT2D eigenvalue weighted by atomic mass is 16.5. The summed E-state index contributed by atoms with van der Waals surface area (Å²) in [6.07, 6.45) is 4.18. The number of nitrogens with one attached hydrogen (secondary N) is 1. The summed E-state index contributed by atoms with van der Waals surface area (Å²) in [4.78, 5) is 26.0. The number of ether oxygens (including phenoxy) is 1. The average Bonchev–Trinajstić information content (AvgIpc) is 3.20. The topological polar surface area (TPSA) is 70.6 Å². The van der Waals surface area contributed by atoms with E-state index in [0.29, 0.717) is 12.2 Å². The zero-order valence-electron chi connectivity index (χ0n) is 16.2. The van der Waals surface area contributed by atoms with Crippen LogP contribution in [0.4, 0.5) is 5.82 Å². The molecule has 4 rings (SSSR count). The highest BCUT2D eigenvalue weighted by Gasteiger charge is 2.24. The Balaban J connectivity index is 1.80. The predicted molar refractivity (Wildman–Crippen MR) is 105 cm³/mol. The van der Waals surface area contributed by atoms with Gasteiger partial charge in [0.05, 0.1) is 29.9 Å². The number of fused-ring (bicyclic) bond motifs is 1. The molecule has 1 N–H and O–H groups in total. The number of benzene rings is 1. The largest absolute Gasteiger partial charge is 0.375 e. The minimum atomic E-state index is -0.0102. The van der Waals surface area contributed by atoms with Crippen molar-refractivity contribution in [1.29, 1.82) is 0 Å². The third-order valence-electron chi connectivity index (χ3n) is 5.32. The lowest BCUT2D eigenvalue weighted by atomic mass is 9.99. The molecule has 7 nitrogen and oxygen atoms in total. The summed E-state index contributed by atoms with van der Waals surface area (Å²) in [5.74, 6) is 0.868. The standard InChI is InChI=1S/C20H27N5O2/c1-13-12-25(7-8-27-13)18-11-22-17-10-14(20(26)24(2)3)9-15(19(17)23-18)16-5-4-6-21-16/h9-11,13,16,21H,4-8,12H2,1-3H3. The molecule has 2 aromatic rings. The Kier molecular flexibility index (Phi) is 4.97. The number of aromatic nitrogens is 2. The van der Waals surface area contributed by atoms with Gasteiger partial charge in [-0.3, -0.25) is 9.78 Å². The van der Waals surface area contributed by atoms with Crippen LogP contribution in [0.5, 0.6) is 0 Å². The van der Waals surface area contributed by atoms with E-state index < -0.39 is 0 Å². The lowest BCUT2D eigenvalue weighted by Gasteiger charge is -2.32. The number of amides is 1. The number of hydrogen-bond acceptors (Lipinski definition) is 6. The van der Waals surface area contributed by atoms with Crippen molar-refractivity contribution in [2.45, 2.75) is 31.9 Å². The van der Waals surface area contributed by atoms with E-state index in [9.17, 15) is 4.79 Å². The molecule has 0 spiro atoms. The van der Waals surface area contributed by atoms with Crippen LogP contribution < -0.4 is 10.2 Å². The molecule has 7 heteroatoms. The van der Waals surface area contributed by atoms with Gasteiger partial charge in [-0.2, -0.15) is 0 Å². The summed E-state index contributed by atoms with van der Waals surface area (Å²) in [6.45, 7) is 5.40. The number of rotatable bonds is 3. The zero-order valence-corrected chi connectivity index (χ0v) is 16.2. The van der Waals surface area contributed by atoms with Gasteiger partial charge in [0.2, 0.25) is 0 Å². The molecule has 1 amide bonds. The number of carbonyl (C=O) groups is 1. The van der Waals surface area contributed by atoms with Gasteiger partial charge >= 0.3 is 0 Å². The van der Waals surface area contributed by atoms with Crippen molar-refractivity contribution in [3.05, 3.63) is 29.5 Å². The van der Waals surface area contributed by atoms with E-state index in [4.69, 9.17) is 9.72 Å². The van der Waals surface area contributed by atoms with Crippen LogP contribution in [0.25, 0.3) is 11.0 Å². The van der Waals surface area contributed by atoms with E-state index in [1.165, 1.54) is 0 Å². The first-order chi connectivity index (χ1) is 13.0. The highest BCUT2D eigenvalue weighted by molar-refractivity contribution is 5.98. The van der Waals surface area contributed by atoms with Gasteiger partial charge < -0.3 is 19.9 Å². The molecule has 144 valence electrons. The third kappa shape index (κ3) is 3.61. The SMILES string of the molecule is CC1CN(c2cnc3cc(C(=O)N(C)C)cc(C4CCCN4)c3n2)CCO1. The molecular weight excluding hydrogens is 342 g/mol. The first-order valence-corrected chi connectivity index (χ1v) is 9.65. The van der Waals surface area contributed by atoms with E-state index in [0.717, 1.165) is 54.9 Å². The molecule has 0 bridgehead atoms. The minimum Gasteiger partial charge on any atom is -0.375 e. The molecule has 2 atom stereocenters. The smallest absolute Gasteiger partial charge is 0.253 e. The predicted octanol–water partition coefficient (Wildman–Crippen LogP) is 1.98. The summed E-state index contributed by atoms with van der Waals surface area (Å²) in [7, 11) is 3.54. The number of nitrogens with zero attached hydrogens (tertiary/aromatic N) is 4. The Morgan fingerprint density at radius 2 is 2.22 bits per heavy atom. The second kappa shape index (κ2) is 7.40. The Bertz CT molecular complexity index is 848. The Morgan fingerprint density at radius 3 is 2.93 bits per heavy atom. The van der Waals surface area contributed by atoms with Gasteiger partial charge in [-0.05, 0) is 44.0 Å². The highest BCUT2D eigenvalue weighted by Crippen LogP contribution is 2.31. The minimum absolute atomic E-state index is 0.0102. The van der Waals surface area contributed by atoms with Crippen molar-refractivity contribution in [3.8, 4) is 0 Å². The van der Waals surface area contributed by atoms with Crippen LogP contribution in [-0.4, -0.2) is 67.2 Å². The van der Waals surface area contributed by atoms with Gasteiger partial charge in [-0.25, -0.2) is 4.98 Å². The second-order valence-electron chi connectivity index (χ2n) is 7.64. The monoisotopic (exact) mass is 369 g/mol. The van der Waals surface area contributed by atoms with Gasteiger partial charge in [0.25, 0.3) is 5.91 Å². The zero-order chi connectivity index (χ0) is 19.0. The fourth-order valence-corrected chi connectivity index (χ4v) is 3.91. The number of hydrogen-bond donors (Lipinski definition) is 1. The maximum Gasteiger partial charge on any atom is 0.253 e. The average molecular weight is 369 g/mol.